The summed E-state index contributed by atoms with van der Waals surface area (Å²) >= 11 is 0. The number of rotatable bonds is 7. The van der Waals surface area contributed by atoms with Crippen LogP contribution in [0.5, 0.6) is 5.75 Å². The molecule has 144 valence electrons. The van der Waals surface area contributed by atoms with Gasteiger partial charge in [0.1, 0.15) is 5.75 Å². The van der Waals surface area contributed by atoms with E-state index in [0.717, 1.165) is 29.0 Å². The largest absolute Gasteiger partial charge is 0.480 e. The molecule has 4 nitrogen and oxygen atoms in total. The van der Waals surface area contributed by atoms with Crippen molar-refractivity contribution >= 4 is 11.6 Å². The average Bonchev–Trinajstić information content (AvgIpc) is 2.71. The molecule has 0 unspecified atom stereocenters. The molecular weight excluding hydrogens is 348 g/mol. The maximum atomic E-state index is 12.7. The van der Waals surface area contributed by atoms with Gasteiger partial charge in [-0.3, -0.25) is 9.78 Å². The van der Waals surface area contributed by atoms with Gasteiger partial charge in [-0.05, 0) is 79.3 Å². The molecule has 0 saturated carbocycles. The lowest BCUT2D eigenvalue weighted by molar-refractivity contribution is -0.122. The standard InChI is InChI=1S/C24H26N2O2/c1-4-22(28-23-7-5-6-17(2)18(23)3)24(27)26-21-10-8-19(9-11-21)16-20-12-14-25-15-13-20/h5-15,22H,4,16H2,1-3H3,(H,26,27)/t22-/m0/s1. The highest BCUT2D eigenvalue weighted by atomic mass is 16.5. The summed E-state index contributed by atoms with van der Waals surface area (Å²) < 4.78 is 5.99. The maximum Gasteiger partial charge on any atom is 0.265 e. The van der Waals surface area contributed by atoms with Gasteiger partial charge < -0.3 is 10.1 Å². The molecule has 0 aliphatic heterocycles. The Kier molecular flexibility index (Phi) is 6.43. The lowest BCUT2D eigenvalue weighted by atomic mass is 10.1. The highest BCUT2D eigenvalue weighted by Crippen LogP contribution is 2.23. The molecule has 0 fully saturated rings. The zero-order valence-corrected chi connectivity index (χ0v) is 16.6. The summed E-state index contributed by atoms with van der Waals surface area (Å²) in [6.07, 6.45) is 4.50. The molecule has 1 heterocycles. The van der Waals surface area contributed by atoms with Gasteiger partial charge in [-0.15, -0.1) is 0 Å². The van der Waals surface area contributed by atoms with Gasteiger partial charge in [-0.1, -0.05) is 31.2 Å². The van der Waals surface area contributed by atoms with Gasteiger partial charge in [0.05, 0.1) is 0 Å². The van der Waals surface area contributed by atoms with Crippen molar-refractivity contribution in [3.8, 4) is 5.75 Å². The number of hydrogen-bond donors (Lipinski definition) is 1. The molecule has 1 amide bonds. The predicted molar refractivity (Wildman–Crippen MR) is 113 cm³/mol. The topological polar surface area (TPSA) is 51.2 Å². The first-order valence-corrected chi connectivity index (χ1v) is 9.58. The second-order valence-electron chi connectivity index (χ2n) is 6.93. The van der Waals surface area contributed by atoms with E-state index in [2.05, 4.69) is 10.3 Å². The monoisotopic (exact) mass is 374 g/mol. The zero-order valence-electron chi connectivity index (χ0n) is 16.6. The molecule has 2 aromatic carbocycles. The van der Waals surface area contributed by atoms with Crippen LogP contribution in [0.4, 0.5) is 5.69 Å². The lowest BCUT2D eigenvalue weighted by Gasteiger charge is -2.19. The Morgan fingerprint density at radius 1 is 1.00 bits per heavy atom. The van der Waals surface area contributed by atoms with E-state index >= 15 is 0 Å². The number of nitrogens with zero attached hydrogens (tertiary/aromatic N) is 1. The molecular formula is C24H26N2O2. The van der Waals surface area contributed by atoms with E-state index in [0.29, 0.717) is 6.42 Å². The van der Waals surface area contributed by atoms with Crippen molar-refractivity contribution in [1.29, 1.82) is 0 Å². The molecule has 3 aromatic rings. The van der Waals surface area contributed by atoms with Crippen molar-refractivity contribution in [1.82, 2.24) is 4.98 Å². The van der Waals surface area contributed by atoms with Crippen LogP contribution in [0.3, 0.4) is 0 Å². The van der Waals surface area contributed by atoms with E-state index in [1.807, 2.05) is 75.4 Å². The summed E-state index contributed by atoms with van der Waals surface area (Å²) in [5.41, 5.74) is 5.38. The smallest absolute Gasteiger partial charge is 0.265 e. The number of aryl methyl sites for hydroxylation is 1. The minimum Gasteiger partial charge on any atom is -0.480 e. The van der Waals surface area contributed by atoms with Gasteiger partial charge in [0.25, 0.3) is 5.91 Å². The Hall–Kier alpha value is -3.14. The molecule has 0 radical (unpaired) electrons. The molecule has 0 bridgehead atoms. The van der Waals surface area contributed by atoms with Crippen LogP contribution < -0.4 is 10.1 Å². The van der Waals surface area contributed by atoms with Crippen LogP contribution in [0.2, 0.25) is 0 Å². The first kappa shape index (κ1) is 19.6. The van der Waals surface area contributed by atoms with Crippen molar-refractivity contribution in [2.75, 3.05) is 5.32 Å². The fourth-order valence-electron chi connectivity index (χ4n) is 2.99. The molecule has 0 saturated heterocycles. The van der Waals surface area contributed by atoms with E-state index < -0.39 is 6.10 Å². The Balaban J connectivity index is 1.63. The molecule has 0 spiro atoms. The van der Waals surface area contributed by atoms with Crippen molar-refractivity contribution in [3.05, 3.63) is 89.2 Å². The average molecular weight is 374 g/mol. The highest BCUT2D eigenvalue weighted by Gasteiger charge is 2.19. The number of nitrogens with one attached hydrogen (secondary N) is 1. The van der Waals surface area contributed by atoms with E-state index in [9.17, 15) is 4.79 Å². The molecule has 1 aromatic heterocycles. The van der Waals surface area contributed by atoms with Crippen molar-refractivity contribution in [2.24, 2.45) is 0 Å². The van der Waals surface area contributed by atoms with Crippen LogP contribution in [-0.2, 0) is 11.2 Å². The zero-order chi connectivity index (χ0) is 19.9. The third-order valence-electron chi connectivity index (χ3n) is 4.87. The lowest BCUT2D eigenvalue weighted by Crippen LogP contribution is -2.32. The summed E-state index contributed by atoms with van der Waals surface area (Å²) in [6, 6.07) is 17.8. The number of benzene rings is 2. The summed E-state index contributed by atoms with van der Waals surface area (Å²) in [6.45, 7) is 6.00. The number of anilines is 1. The second-order valence-corrected chi connectivity index (χ2v) is 6.93. The maximum absolute atomic E-state index is 12.7. The molecule has 1 N–H and O–H groups in total. The minimum absolute atomic E-state index is 0.134. The predicted octanol–water partition coefficient (Wildman–Crippen LogP) is 5.09. The molecule has 1 atom stereocenters. The number of aromatic nitrogens is 1. The Morgan fingerprint density at radius 2 is 1.68 bits per heavy atom. The van der Waals surface area contributed by atoms with Crippen LogP contribution in [0.15, 0.2) is 67.0 Å². The summed E-state index contributed by atoms with van der Waals surface area (Å²) in [5, 5.41) is 2.96. The van der Waals surface area contributed by atoms with E-state index in [1.165, 1.54) is 11.1 Å². The van der Waals surface area contributed by atoms with Crippen LogP contribution in [0, 0.1) is 13.8 Å². The number of pyridine rings is 1. The number of hydrogen-bond acceptors (Lipinski definition) is 3. The fraction of sp³-hybridized carbons (Fsp3) is 0.250. The first-order chi connectivity index (χ1) is 13.6. The minimum atomic E-state index is -0.531. The SMILES string of the molecule is CC[C@H](Oc1cccc(C)c1C)C(=O)Nc1ccc(Cc2ccncc2)cc1. The molecule has 28 heavy (non-hydrogen) atoms. The van der Waals surface area contributed by atoms with Gasteiger partial charge in [-0.2, -0.15) is 0 Å². The van der Waals surface area contributed by atoms with E-state index in [1.54, 1.807) is 12.4 Å². The summed E-state index contributed by atoms with van der Waals surface area (Å²) in [7, 11) is 0. The Morgan fingerprint density at radius 3 is 2.36 bits per heavy atom. The van der Waals surface area contributed by atoms with Crippen molar-refractivity contribution in [3.63, 3.8) is 0 Å². The molecule has 4 heteroatoms. The number of carbonyl (C=O) groups is 1. The molecule has 0 aliphatic carbocycles. The van der Waals surface area contributed by atoms with Gasteiger partial charge in [0.2, 0.25) is 0 Å². The van der Waals surface area contributed by atoms with Crippen LogP contribution in [0.1, 0.15) is 35.6 Å². The third kappa shape index (κ3) is 4.97. The number of ether oxygens (including phenoxy) is 1. The summed E-state index contributed by atoms with van der Waals surface area (Å²) in [5.74, 6) is 0.625. The number of amides is 1. The summed E-state index contributed by atoms with van der Waals surface area (Å²) in [4.78, 5) is 16.7. The van der Waals surface area contributed by atoms with Crippen LogP contribution >= 0.6 is 0 Å². The third-order valence-corrected chi connectivity index (χ3v) is 4.87. The normalized spacial score (nSPS) is 11.7. The van der Waals surface area contributed by atoms with Crippen molar-refractivity contribution in [2.45, 2.75) is 39.7 Å². The Bertz CT molecular complexity index is 921. The van der Waals surface area contributed by atoms with Gasteiger partial charge >= 0.3 is 0 Å². The van der Waals surface area contributed by atoms with E-state index in [-0.39, 0.29) is 5.91 Å². The number of carbonyl (C=O) groups excluding carboxylic acids is 1. The van der Waals surface area contributed by atoms with Gasteiger partial charge in [0, 0.05) is 18.1 Å². The van der Waals surface area contributed by atoms with Gasteiger partial charge in [0.15, 0.2) is 6.10 Å². The molecule has 3 rings (SSSR count). The van der Waals surface area contributed by atoms with Gasteiger partial charge in [-0.25, -0.2) is 0 Å². The van der Waals surface area contributed by atoms with Crippen LogP contribution in [0.25, 0.3) is 0 Å². The van der Waals surface area contributed by atoms with Crippen LogP contribution in [-0.4, -0.2) is 17.0 Å². The van der Waals surface area contributed by atoms with E-state index in [4.69, 9.17) is 4.74 Å². The second kappa shape index (κ2) is 9.18. The highest BCUT2D eigenvalue weighted by molar-refractivity contribution is 5.94. The Labute approximate surface area is 166 Å². The van der Waals surface area contributed by atoms with Crippen molar-refractivity contribution < 1.29 is 9.53 Å². The fourth-order valence-corrected chi connectivity index (χ4v) is 2.99. The quantitative estimate of drug-likeness (QED) is 0.627. The molecule has 0 aliphatic rings. The first-order valence-electron chi connectivity index (χ1n) is 9.58.